The highest BCUT2D eigenvalue weighted by Gasteiger charge is 2.21. The second-order valence-electron chi connectivity index (χ2n) is 6.47. The van der Waals surface area contributed by atoms with Crippen LogP contribution in [0.25, 0.3) is 0 Å². The van der Waals surface area contributed by atoms with Gasteiger partial charge in [0, 0.05) is 18.5 Å². The van der Waals surface area contributed by atoms with E-state index in [0.29, 0.717) is 6.42 Å². The van der Waals surface area contributed by atoms with E-state index in [9.17, 15) is 14.4 Å². The molecule has 0 aliphatic heterocycles. The molecule has 0 aromatic carbocycles. The lowest BCUT2D eigenvalue weighted by Crippen LogP contribution is -2.47. The Labute approximate surface area is 125 Å². The SMILES string of the molecule is CC(C)C[C@H](NC(=O)NCCC(=O)NC(C)(C)C)C(=O)O. The summed E-state index contributed by atoms with van der Waals surface area (Å²) >= 11 is 0. The molecule has 0 spiro atoms. The van der Waals surface area contributed by atoms with Crippen molar-refractivity contribution in [2.24, 2.45) is 5.92 Å². The van der Waals surface area contributed by atoms with Crippen LogP contribution in [0.15, 0.2) is 0 Å². The van der Waals surface area contributed by atoms with Gasteiger partial charge in [0.15, 0.2) is 0 Å². The number of urea groups is 1. The second-order valence-corrected chi connectivity index (χ2v) is 6.47. The number of carbonyl (C=O) groups is 3. The molecule has 0 unspecified atom stereocenters. The summed E-state index contributed by atoms with van der Waals surface area (Å²) in [6.45, 7) is 9.53. The Morgan fingerprint density at radius 1 is 1.14 bits per heavy atom. The van der Waals surface area contributed by atoms with E-state index in [-0.39, 0.29) is 30.3 Å². The van der Waals surface area contributed by atoms with Gasteiger partial charge in [0.05, 0.1) is 0 Å². The Morgan fingerprint density at radius 3 is 2.14 bits per heavy atom. The predicted octanol–water partition coefficient (Wildman–Crippen LogP) is 1.09. The first-order chi connectivity index (χ1) is 9.51. The first kappa shape index (κ1) is 19.2. The van der Waals surface area contributed by atoms with Crippen molar-refractivity contribution in [1.29, 1.82) is 0 Å². The number of carbonyl (C=O) groups excluding carboxylic acids is 2. The topological polar surface area (TPSA) is 108 Å². The van der Waals surface area contributed by atoms with Crippen molar-refractivity contribution in [3.05, 3.63) is 0 Å². The van der Waals surface area contributed by atoms with Gasteiger partial charge in [-0.15, -0.1) is 0 Å². The van der Waals surface area contributed by atoms with Crippen LogP contribution in [0.4, 0.5) is 4.79 Å². The lowest BCUT2D eigenvalue weighted by Gasteiger charge is -2.20. The molecular formula is C14H27N3O4. The molecule has 0 heterocycles. The molecule has 0 aromatic rings. The molecule has 1 atom stereocenters. The Balaban J connectivity index is 4.09. The number of hydrogen-bond acceptors (Lipinski definition) is 3. The molecule has 122 valence electrons. The quantitative estimate of drug-likeness (QED) is 0.564. The summed E-state index contributed by atoms with van der Waals surface area (Å²) in [5, 5.41) is 16.7. The summed E-state index contributed by atoms with van der Waals surface area (Å²) in [4.78, 5) is 34.1. The molecule has 0 aromatic heterocycles. The third kappa shape index (κ3) is 10.6. The van der Waals surface area contributed by atoms with Gasteiger partial charge in [0.1, 0.15) is 6.04 Å². The Morgan fingerprint density at radius 2 is 1.71 bits per heavy atom. The minimum Gasteiger partial charge on any atom is -0.480 e. The van der Waals surface area contributed by atoms with Crippen molar-refractivity contribution in [2.75, 3.05) is 6.54 Å². The lowest BCUT2D eigenvalue weighted by molar-refractivity contribution is -0.139. The smallest absolute Gasteiger partial charge is 0.326 e. The van der Waals surface area contributed by atoms with Crippen molar-refractivity contribution in [2.45, 2.75) is 59.0 Å². The first-order valence-corrected chi connectivity index (χ1v) is 7.09. The van der Waals surface area contributed by atoms with Gasteiger partial charge in [-0.05, 0) is 33.1 Å². The summed E-state index contributed by atoms with van der Waals surface area (Å²) in [7, 11) is 0. The second kappa shape index (κ2) is 8.49. The fourth-order valence-electron chi connectivity index (χ4n) is 1.67. The number of carboxylic acid groups (broad SMARTS) is 1. The van der Waals surface area contributed by atoms with Crippen LogP contribution in [-0.4, -0.2) is 41.1 Å². The molecule has 0 fully saturated rings. The summed E-state index contributed by atoms with van der Waals surface area (Å²) < 4.78 is 0. The standard InChI is InChI=1S/C14H27N3O4/c1-9(2)8-10(12(19)20)16-13(21)15-7-6-11(18)17-14(3,4)5/h9-10H,6-8H2,1-5H3,(H,17,18)(H,19,20)(H2,15,16,21)/t10-/m0/s1. The number of aliphatic carboxylic acids is 1. The van der Waals surface area contributed by atoms with E-state index in [1.165, 1.54) is 0 Å². The van der Waals surface area contributed by atoms with Gasteiger partial charge in [-0.25, -0.2) is 9.59 Å². The van der Waals surface area contributed by atoms with Crippen LogP contribution < -0.4 is 16.0 Å². The minimum absolute atomic E-state index is 0.145. The van der Waals surface area contributed by atoms with E-state index in [2.05, 4.69) is 16.0 Å². The highest BCUT2D eigenvalue weighted by molar-refractivity contribution is 5.83. The summed E-state index contributed by atoms with van der Waals surface area (Å²) in [5.74, 6) is -1.08. The number of nitrogens with one attached hydrogen (secondary N) is 3. The minimum atomic E-state index is -1.07. The van der Waals surface area contributed by atoms with Crippen molar-refractivity contribution in [3.63, 3.8) is 0 Å². The summed E-state index contributed by atoms with van der Waals surface area (Å²) in [6.07, 6.45) is 0.500. The molecule has 21 heavy (non-hydrogen) atoms. The molecule has 0 saturated carbocycles. The fraction of sp³-hybridized carbons (Fsp3) is 0.786. The number of carboxylic acids is 1. The van der Waals surface area contributed by atoms with E-state index < -0.39 is 18.0 Å². The largest absolute Gasteiger partial charge is 0.480 e. The third-order valence-corrected chi connectivity index (χ3v) is 2.46. The average Bonchev–Trinajstić information content (AvgIpc) is 2.24. The molecule has 3 amide bonds. The van der Waals surface area contributed by atoms with Crippen molar-refractivity contribution in [1.82, 2.24) is 16.0 Å². The molecule has 0 aliphatic carbocycles. The maximum Gasteiger partial charge on any atom is 0.326 e. The molecule has 0 radical (unpaired) electrons. The van der Waals surface area contributed by atoms with Gasteiger partial charge in [0.2, 0.25) is 5.91 Å². The lowest BCUT2D eigenvalue weighted by atomic mass is 10.0. The van der Waals surface area contributed by atoms with Crippen molar-refractivity contribution >= 4 is 17.9 Å². The normalized spacial score (nSPS) is 12.7. The molecule has 0 saturated heterocycles. The third-order valence-electron chi connectivity index (χ3n) is 2.46. The number of rotatable bonds is 7. The van der Waals surface area contributed by atoms with Crippen LogP contribution in [0, 0.1) is 5.92 Å². The molecular weight excluding hydrogens is 274 g/mol. The van der Waals surface area contributed by atoms with Gasteiger partial charge < -0.3 is 21.1 Å². The van der Waals surface area contributed by atoms with E-state index in [4.69, 9.17) is 5.11 Å². The number of hydrogen-bond donors (Lipinski definition) is 4. The average molecular weight is 301 g/mol. The van der Waals surface area contributed by atoms with E-state index in [1.807, 2.05) is 34.6 Å². The highest BCUT2D eigenvalue weighted by Crippen LogP contribution is 2.04. The number of amides is 3. The summed E-state index contributed by atoms with van der Waals surface area (Å²) in [5.41, 5.74) is -0.314. The first-order valence-electron chi connectivity index (χ1n) is 7.09. The molecule has 0 bridgehead atoms. The van der Waals surface area contributed by atoms with Gasteiger partial charge in [-0.1, -0.05) is 13.8 Å². The van der Waals surface area contributed by atoms with Gasteiger partial charge in [0.25, 0.3) is 0 Å². The summed E-state index contributed by atoms with van der Waals surface area (Å²) in [6, 6.07) is -1.50. The van der Waals surface area contributed by atoms with Gasteiger partial charge >= 0.3 is 12.0 Å². The molecule has 7 heteroatoms. The van der Waals surface area contributed by atoms with Crippen LogP contribution in [-0.2, 0) is 9.59 Å². The van der Waals surface area contributed by atoms with E-state index in [1.54, 1.807) is 0 Å². The van der Waals surface area contributed by atoms with Crippen LogP contribution in [0.2, 0.25) is 0 Å². The predicted molar refractivity (Wildman–Crippen MR) is 79.9 cm³/mol. The Kier molecular flexibility index (Phi) is 7.76. The van der Waals surface area contributed by atoms with Crippen LogP contribution in [0.5, 0.6) is 0 Å². The monoisotopic (exact) mass is 301 g/mol. The van der Waals surface area contributed by atoms with E-state index in [0.717, 1.165) is 0 Å². The van der Waals surface area contributed by atoms with Crippen LogP contribution in [0.3, 0.4) is 0 Å². The fourth-order valence-corrected chi connectivity index (χ4v) is 1.67. The zero-order valence-electron chi connectivity index (χ0n) is 13.4. The van der Waals surface area contributed by atoms with E-state index >= 15 is 0 Å². The van der Waals surface area contributed by atoms with Gasteiger partial charge in [-0.3, -0.25) is 4.79 Å². The van der Waals surface area contributed by atoms with Crippen LogP contribution in [0.1, 0.15) is 47.5 Å². The van der Waals surface area contributed by atoms with Crippen molar-refractivity contribution < 1.29 is 19.5 Å². The van der Waals surface area contributed by atoms with Gasteiger partial charge in [-0.2, -0.15) is 0 Å². The molecule has 4 N–H and O–H groups in total. The Hall–Kier alpha value is -1.79. The maximum absolute atomic E-state index is 11.6. The molecule has 0 rings (SSSR count). The highest BCUT2D eigenvalue weighted by atomic mass is 16.4. The van der Waals surface area contributed by atoms with Crippen LogP contribution >= 0.6 is 0 Å². The van der Waals surface area contributed by atoms with Crippen molar-refractivity contribution in [3.8, 4) is 0 Å². The zero-order valence-corrected chi connectivity index (χ0v) is 13.4. The maximum atomic E-state index is 11.6. The molecule has 7 nitrogen and oxygen atoms in total. The Bertz CT molecular complexity index is 375. The zero-order chi connectivity index (χ0) is 16.6. The molecule has 0 aliphatic rings.